The van der Waals surface area contributed by atoms with E-state index in [0.29, 0.717) is 23.8 Å². The number of hydrogen-bond acceptors (Lipinski definition) is 5. The van der Waals surface area contributed by atoms with Crippen LogP contribution in [0.15, 0.2) is 30.3 Å². The summed E-state index contributed by atoms with van der Waals surface area (Å²) < 4.78 is 21.7. The van der Waals surface area contributed by atoms with Gasteiger partial charge in [0.15, 0.2) is 11.5 Å². The number of aryl methyl sites for hydroxylation is 1. The van der Waals surface area contributed by atoms with E-state index in [1.807, 2.05) is 24.3 Å². The fourth-order valence-corrected chi connectivity index (χ4v) is 2.81. The SMILES string of the molecule is COc1ccc(C)cc1C(C)NCc1cc(OC)c(OC)c(OC)c1. The molecule has 0 saturated heterocycles. The third kappa shape index (κ3) is 4.37. The summed E-state index contributed by atoms with van der Waals surface area (Å²) in [5.74, 6) is 2.79. The molecule has 25 heavy (non-hydrogen) atoms. The molecule has 2 aromatic rings. The first-order valence-electron chi connectivity index (χ1n) is 8.20. The quantitative estimate of drug-likeness (QED) is 0.787. The Morgan fingerprint density at radius 1 is 0.840 bits per heavy atom. The van der Waals surface area contributed by atoms with Gasteiger partial charge in [0, 0.05) is 18.2 Å². The van der Waals surface area contributed by atoms with E-state index in [-0.39, 0.29) is 6.04 Å². The smallest absolute Gasteiger partial charge is 0.203 e. The highest BCUT2D eigenvalue weighted by atomic mass is 16.5. The number of hydrogen-bond donors (Lipinski definition) is 1. The van der Waals surface area contributed by atoms with E-state index < -0.39 is 0 Å². The van der Waals surface area contributed by atoms with Gasteiger partial charge < -0.3 is 24.3 Å². The number of rotatable bonds is 8. The van der Waals surface area contributed by atoms with E-state index in [0.717, 1.165) is 16.9 Å². The molecule has 2 aromatic carbocycles. The second-order valence-electron chi connectivity index (χ2n) is 5.88. The minimum Gasteiger partial charge on any atom is -0.496 e. The van der Waals surface area contributed by atoms with Crippen molar-refractivity contribution in [2.75, 3.05) is 28.4 Å². The Hall–Kier alpha value is -2.40. The average Bonchev–Trinajstić information content (AvgIpc) is 2.64. The molecule has 1 unspecified atom stereocenters. The van der Waals surface area contributed by atoms with Crippen molar-refractivity contribution in [1.29, 1.82) is 0 Å². The lowest BCUT2D eigenvalue weighted by molar-refractivity contribution is 0.323. The van der Waals surface area contributed by atoms with Crippen LogP contribution in [0.4, 0.5) is 0 Å². The molecule has 136 valence electrons. The Kier molecular flexibility index (Phi) is 6.53. The van der Waals surface area contributed by atoms with E-state index in [4.69, 9.17) is 18.9 Å². The molecular formula is C20H27NO4. The zero-order valence-electron chi connectivity index (χ0n) is 15.8. The van der Waals surface area contributed by atoms with E-state index in [1.165, 1.54) is 5.56 Å². The van der Waals surface area contributed by atoms with Gasteiger partial charge in [0.1, 0.15) is 5.75 Å². The summed E-state index contributed by atoms with van der Waals surface area (Å²) in [5.41, 5.74) is 3.39. The predicted octanol–water partition coefficient (Wildman–Crippen LogP) is 3.88. The third-order valence-electron chi connectivity index (χ3n) is 4.19. The molecule has 0 aromatic heterocycles. The van der Waals surface area contributed by atoms with Crippen LogP contribution in [-0.4, -0.2) is 28.4 Å². The number of methoxy groups -OCH3 is 4. The van der Waals surface area contributed by atoms with Crippen LogP contribution in [0.3, 0.4) is 0 Å². The molecule has 1 atom stereocenters. The van der Waals surface area contributed by atoms with Crippen LogP contribution < -0.4 is 24.3 Å². The number of nitrogens with one attached hydrogen (secondary N) is 1. The molecule has 0 aliphatic heterocycles. The van der Waals surface area contributed by atoms with Gasteiger partial charge in [-0.25, -0.2) is 0 Å². The highest BCUT2D eigenvalue weighted by molar-refractivity contribution is 5.53. The Morgan fingerprint density at radius 3 is 1.96 bits per heavy atom. The fraction of sp³-hybridized carbons (Fsp3) is 0.400. The first kappa shape index (κ1) is 18.9. The van der Waals surface area contributed by atoms with Gasteiger partial charge in [-0.3, -0.25) is 0 Å². The fourth-order valence-electron chi connectivity index (χ4n) is 2.81. The maximum atomic E-state index is 5.48. The Balaban J connectivity index is 2.19. The van der Waals surface area contributed by atoms with Crippen molar-refractivity contribution in [3.63, 3.8) is 0 Å². The topological polar surface area (TPSA) is 49.0 Å². The van der Waals surface area contributed by atoms with Crippen LogP contribution in [0.5, 0.6) is 23.0 Å². The zero-order chi connectivity index (χ0) is 18.4. The summed E-state index contributed by atoms with van der Waals surface area (Å²) in [6, 6.07) is 10.2. The van der Waals surface area contributed by atoms with E-state index in [1.54, 1.807) is 28.4 Å². The van der Waals surface area contributed by atoms with Crippen molar-refractivity contribution >= 4 is 0 Å². The van der Waals surface area contributed by atoms with E-state index in [2.05, 4.69) is 25.2 Å². The van der Waals surface area contributed by atoms with Crippen LogP contribution >= 0.6 is 0 Å². The highest BCUT2D eigenvalue weighted by Gasteiger charge is 2.15. The van der Waals surface area contributed by atoms with Gasteiger partial charge in [-0.15, -0.1) is 0 Å². The standard InChI is InChI=1S/C20H27NO4/c1-13-7-8-17(22-3)16(9-13)14(2)21-12-15-10-18(23-4)20(25-6)19(11-15)24-5/h7-11,14,21H,12H2,1-6H3. The Morgan fingerprint density at radius 2 is 1.44 bits per heavy atom. The molecule has 5 heteroatoms. The van der Waals surface area contributed by atoms with E-state index in [9.17, 15) is 0 Å². The molecule has 2 rings (SSSR count). The van der Waals surface area contributed by atoms with Gasteiger partial charge in [0.2, 0.25) is 5.75 Å². The molecule has 0 spiro atoms. The lowest BCUT2D eigenvalue weighted by atomic mass is 10.0. The molecule has 0 saturated carbocycles. The van der Waals surface area contributed by atoms with Crippen LogP contribution in [0.2, 0.25) is 0 Å². The van der Waals surface area contributed by atoms with Crippen molar-refractivity contribution in [2.45, 2.75) is 26.4 Å². The summed E-state index contributed by atoms with van der Waals surface area (Å²) in [7, 11) is 6.54. The van der Waals surface area contributed by atoms with Crippen LogP contribution in [0.25, 0.3) is 0 Å². The molecule has 0 bridgehead atoms. The van der Waals surface area contributed by atoms with Crippen molar-refractivity contribution in [3.8, 4) is 23.0 Å². The Labute approximate surface area is 149 Å². The van der Waals surface area contributed by atoms with Gasteiger partial charge in [-0.2, -0.15) is 0 Å². The molecule has 5 nitrogen and oxygen atoms in total. The van der Waals surface area contributed by atoms with Crippen LogP contribution in [0, 0.1) is 6.92 Å². The highest BCUT2D eigenvalue weighted by Crippen LogP contribution is 2.38. The van der Waals surface area contributed by atoms with E-state index >= 15 is 0 Å². The largest absolute Gasteiger partial charge is 0.496 e. The monoisotopic (exact) mass is 345 g/mol. The summed E-state index contributed by atoms with van der Waals surface area (Å²) in [6.45, 7) is 4.86. The van der Waals surface area contributed by atoms with Gasteiger partial charge in [0.25, 0.3) is 0 Å². The second-order valence-corrected chi connectivity index (χ2v) is 5.88. The van der Waals surface area contributed by atoms with Crippen molar-refractivity contribution < 1.29 is 18.9 Å². The first-order valence-corrected chi connectivity index (χ1v) is 8.20. The van der Waals surface area contributed by atoms with Gasteiger partial charge >= 0.3 is 0 Å². The average molecular weight is 345 g/mol. The zero-order valence-corrected chi connectivity index (χ0v) is 15.8. The summed E-state index contributed by atoms with van der Waals surface area (Å²) in [6.07, 6.45) is 0. The van der Waals surface area contributed by atoms with Crippen molar-refractivity contribution in [3.05, 3.63) is 47.0 Å². The second kappa shape index (κ2) is 8.62. The lowest BCUT2D eigenvalue weighted by Crippen LogP contribution is -2.19. The lowest BCUT2D eigenvalue weighted by Gasteiger charge is -2.19. The van der Waals surface area contributed by atoms with Gasteiger partial charge in [-0.05, 0) is 37.6 Å². The maximum absolute atomic E-state index is 5.48. The molecule has 0 amide bonds. The predicted molar refractivity (Wildman–Crippen MR) is 99.1 cm³/mol. The molecule has 1 N–H and O–H groups in total. The van der Waals surface area contributed by atoms with Crippen molar-refractivity contribution in [1.82, 2.24) is 5.32 Å². The summed E-state index contributed by atoms with van der Waals surface area (Å²) in [5, 5.41) is 3.53. The van der Waals surface area contributed by atoms with Gasteiger partial charge in [0.05, 0.1) is 28.4 Å². The summed E-state index contributed by atoms with van der Waals surface area (Å²) >= 11 is 0. The Bertz CT molecular complexity index is 690. The van der Waals surface area contributed by atoms with Crippen LogP contribution in [-0.2, 0) is 6.54 Å². The molecule has 0 fully saturated rings. The van der Waals surface area contributed by atoms with Crippen molar-refractivity contribution in [2.24, 2.45) is 0 Å². The number of ether oxygens (including phenoxy) is 4. The summed E-state index contributed by atoms with van der Waals surface area (Å²) in [4.78, 5) is 0. The third-order valence-corrected chi connectivity index (χ3v) is 4.19. The van der Waals surface area contributed by atoms with Gasteiger partial charge in [-0.1, -0.05) is 17.7 Å². The van der Waals surface area contributed by atoms with Crippen LogP contribution in [0.1, 0.15) is 29.7 Å². The normalized spacial score (nSPS) is 11.8. The minimum atomic E-state index is 0.133. The molecular weight excluding hydrogens is 318 g/mol. The molecule has 0 aliphatic rings. The number of benzene rings is 2. The molecule has 0 heterocycles. The maximum Gasteiger partial charge on any atom is 0.203 e. The molecule has 0 radical (unpaired) electrons. The molecule has 0 aliphatic carbocycles. The first-order chi connectivity index (χ1) is 12.0. The minimum absolute atomic E-state index is 0.133.